The molecule has 1 N–H and O–H groups in total. The summed E-state index contributed by atoms with van der Waals surface area (Å²) in [5.74, 6) is 0.698. The molecule has 2 rings (SSSR count). The number of fused-ring (bicyclic) bond motifs is 1. The van der Waals surface area contributed by atoms with Gasteiger partial charge < -0.3 is 5.32 Å². The van der Waals surface area contributed by atoms with Gasteiger partial charge in [0.1, 0.15) is 0 Å². The monoisotopic (exact) mass is 245 g/mol. The lowest BCUT2D eigenvalue weighted by molar-refractivity contribution is 0.504. The van der Waals surface area contributed by atoms with E-state index < -0.39 is 0 Å². The maximum atomic E-state index is 3.70. The maximum absolute atomic E-state index is 3.70. The topological polar surface area (TPSA) is 12.0 Å². The average molecular weight is 245 g/mol. The molecule has 0 saturated heterocycles. The number of nitrogens with one attached hydrogen (secondary N) is 1. The Kier molecular flexibility index (Phi) is 3.82. The molecule has 0 radical (unpaired) electrons. The summed E-state index contributed by atoms with van der Waals surface area (Å²) < 4.78 is 0. The standard InChI is InChI=1S/C17H27N/c1-6-9-18-16-10-12(2)14-8-7-13(11-15(14)16)17(3,4)5/h7-8,11-12,16,18H,6,9-10H2,1-5H3. The highest BCUT2D eigenvalue weighted by Crippen LogP contribution is 2.41. The Labute approximate surface area is 112 Å². The Hall–Kier alpha value is -0.820. The van der Waals surface area contributed by atoms with Crippen LogP contribution in [-0.4, -0.2) is 6.54 Å². The van der Waals surface area contributed by atoms with E-state index in [2.05, 4.69) is 58.1 Å². The molecule has 0 bridgehead atoms. The molecule has 0 spiro atoms. The highest BCUT2D eigenvalue weighted by Gasteiger charge is 2.29. The zero-order chi connectivity index (χ0) is 13.3. The van der Waals surface area contributed by atoms with Crippen LogP contribution in [0.4, 0.5) is 0 Å². The Morgan fingerprint density at radius 3 is 2.56 bits per heavy atom. The lowest BCUT2D eigenvalue weighted by Gasteiger charge is -2.22. The Morgan fingerprint density at radius 2 is 1.94 bits per heavy atom. The van der Waals surface area contributed by atoms with Gasteiger partial charge in [-0.1, -0.05) is 52.8 Å². The van der Waals surface area contributed by atoms with Gasteiger partial charge in [0.15, 0.2) is 0 Å². The Bertz CT molecular complexity index is 414. The number of benzene rings is 1. The second-order valence-corrected chi connectivity index (χ2v) is 6.74. The van der Waals surface area contributed by atoms with Gasteiger partial charge in [-0.15, -0.1) is 0 Å². The van der Waals surface area contributed by atoms with Gasteiger partial charge in [0.05, 0.1) is 0 Å². The molecule has 100 valence electrons. The molecule has 2 unspecified atom stereocenters. The molecule has 0 amide bonds. The summed E-state index contributed by atoms with van der Waals surface area (Å²) in [5, 5.41) is 3.70. The van der Waals surface area contributed by atoms with Gasteiger partial charge >= 0.3 is 0 Å². The lowest BCUT2D eigenvalue weighted by Crippen LogP contribution is -2.20. The number of hydrogen-bond acceptors (Lipinski definition) is 1. The number of rotatable bonds is 3. The Morgan fingerprint density at radius 1 is 1.22 bits per heavy atom. The van der Waals surface area contributed by atoms with Gasteiger partial charge in [-0.2, -0.15) is 0 Å². The summed E-state index contributed by atoms with van der Waals surface area (Å²) in [4.78, 5) is 0. The second-order valence-electron chi connectivity index (χ2n) is 6.74. The van der Waals surface area contributed by atoms with Crippen LogP contribution >= 0.6 is 0 Å². The minimum absolute atomic E-state index is 0.246. The molecule has 1 aliphatic carbocycles. The van der Waals surface area contributed by atoms with E-state index in [1.54, 1.807) is 11.1 Å². The van der Waals surface area contributed by atoms with Crippen molar-refractivity contribution in [2.45, 2.75) is 64.8 Å². The first-order chi connectivity index (χ1) is 8.43. The van der Waals surface area contributed by atoms with Crippen molar-refractivity contribution >= 4 is 0 Å². The molecule has 0 fully saturated rings. The SMILES string of the molecule is CCCNC1CC(C)c2ccc(C(C)(C)C)cc21. The van der Waals surface area contributed by atoms with Crippen LogP contribution in [0.15, 0.2) is 18.2 Å². The van der Waals surface area contributed by atoms with E-state index >= 15 is 0 Å². The maximum Gasteiger partial charge on any atom is 0.0328 e. The van der Waals surface area contributed by atoms with E-state index in [9.17, 15) is 0 Å². The van der Waals surface area contributed by atoms with E-state index in [1.165, 1.54) is 18.4 Å². The molecule has 2 atom stereocenters. The highest BCUT2D eigenvalue weighted by atomic mass is 14.9. The molecule has 1 heteroatoms. The molecule has 0 aliphatic heterocycles. The predicted molar refractivity (Wildman–Crippen MR) is 79.2 cm³/mol. The summed E-state index contributed by atoms with van der Waals surface area (Å²) in [7, 11) is 0. The van der Waals surface area contributed by atoms with Crippen molar-refractivity contribution in [3.05, 3.63) is 34.9 Å². The van der Waals surface area contributed by atoms with E-state index in [1.807, 2.05) is 0 Å². The third kappa shape index (κ3) is 2.61. The quantitative estimate of drug-likeness (QED) is 0.825. The predicted octanol–water partition coefficient (Wildman–Crippen LogP) is 4.53. The minimum Gasteiger partial charge on any atom is -0.310 e. The fourth-order valence-corrected chi connectivity index (χ4v) is 2.91. The fraction of sp³-hybridized carbons (Fsp3) is 0.647. The van der Waals surface area contributed by atoms with Crippen LogP contribution in [0, 0.1) is 0 Å². The second kappa shape index (κ2) is 5.05. The van der Waals surface area contributed by atoms with Crippen molar-refractivity contribution in [3.63, 3.8) is 0 Å². The summed E-state index contributed by atoms with van der Waals surface area (Å²) in [6.45, 7) is 12.6. The zero-order valence-electron chi connectivity index (χ0n) is 12.5. The van der Waals surface area contributed by atoms with Crippen LogP contribution in [0.5, 0.6) is 0 Å². The van der Waals surface area contributed by atoms with Gasteiger partial charge in [-0.25, -0.2) is 0 Å². The molecule has 0 aromatic heterocycles. The van der Waals surface area contributed by atoms with Crippen LogP contribution in [0.25, 0.3) is 0 Å². The zero-order valence-corrected chi connectivity index (χ0v) is 12.5. The largest absolute Gasteiger partial charge is 0.310 e. The normalized spacial score (nSPS) is 23.2. The summed E-state index contributed by atoms with van der Waals surface area (Å²) in [5.41, 5.74) is 4.80. The molecule has 0 saturated carbocycles. The van der Waals surface area contributed by atoms with Crippen molar-refractivity contribution in [1.29, 1.82) is 0 Å². The first kappa shape index (κ1) is 13.6. The molecular formula is C17H27N. The summed E-state index contributed by atoms with van der Waals surface area (Å²) in [6, 6.07) is 7.68. The summed E-state index contributed by atoms with van der Waals surface area (Å²) in [6.07, 6.45) is 2.46. The van der Waals surface area contributed by atoms with Gasteiger partial charge in [0.25, 0.3) is 0 Å². The van der Waals surface area contributed by atoms with Gasteiger partial charge in [0.2, 0.25) is 0 Å². The molecule has 1 aliphatic rings. The molecule has 0 heterocycles. The van der Waals surface area contributed by atoms with Crippen molar-refractivity contribution in [2.24, 2.45) is 0 Å². The van der Waals surface area contributed by atoms with E-state index in [0.717, 1.165) is 6.54 Å². The summed E-state index contributed by atoms with van der Waals surface area (Å²) >= 11 is 0. The van der Waals surface area contributed by atoms with Crippen molar-refractivity contribution in [1.82, 2.24) is 5.32 Å². The van der Waals surface area contributed by atoms with Gasteiger partial charge in [-0.05, 0) is 47.4 Å². The minimum atomic E-state index is 0.246. The highest BCUT2D eigenvalue weighted by molar-refractivity contribution is 5.42. The molecule has 1 aromatic rings. The van der Waals surface area contributed by atoms with Crippen LogP contribution in [0.2, 0.25) is 0 Å². The molecule has 1 aromatic carbocycles. The van der Waals surface area contributed by atoms with Gasteiger partial charge in [-0.3, -0.25) is 0 Å². The molecule has 18 heavy (non-hydrogen) atoms. The third-order valence-corrected chi connectivity index (χ3v) is 4.09. The van der Waals surface area contributed by atoms with Crippen LogP contribution in [0.3, 0.4) is 0 Å². The van der Waals surface area contributed by atoms with Gasteiger partial charge in [0, 0.05) is 6.04 Å². The van der Waals surface area contributed by atoms with E-state index in [4.69, 9.17) is 0 Å². The fourth-order valence-electron chi connectivity index (χ4n) is 2.91. The van der Waals surface area contributed by atoms with Crippen molar-refractivity contribution in [2.75, 3.05) is 6.54 Å². The average Bonchev–Trinajstić information content (AvgIpc) is 2.62. The van der Waals surface area contributed by atoms with E-state index in [0.29, 0.717) is 12.0 Å². The van der Waals surface area contributed by atoms with E-state index in [-0.39, 0.29) is 5.41 Å². The first-order valence-corrected chi connectivity index (χ1v) is 7.31. The molecular weight excluding hydrogens is 218 g/mol. The lowest BCUT2D eigenvalue weighted by atomic mass is 9.85. The first-order valence-electron chi connectivity index (χ1n) is 7.31. The molecule has 1 nitrogen and oxygen atoms in total. The van der Waals surface area contributed by atoms with Crippen LogP contribution in [0.1, 0.15) is 76.1 Å². The smallest absolute Gasteiger partial charge is 0.0328 e. The van der Waals surface area contributed by atoms with Crippen molar-refractivity contribution in [3.8, 4) is 0 Å². The third-order valence-electron chi connectivity index (χ3n) is 4.09. The van der Waals surface area contributed by atoms with Crippen LogP contribution < -0.4 is 5.32 Å². The van der Waals surface area contributed by atoms with Crippen LogP contribution in [-0.2, 0) is 5.41 Å². The Balaban J connectivity index is 2.31. The van der Waals surface area contributed by atoms with Crippen molar-refractivity contribution < 1.29 is 0 Å². The number of hydrogen-bond donors (Lipinski definition) is 1.